The third-order valence-electron chi connectivity index (χ3n) is 1.36. The van der Waals surface area contributed by atoms with Crippen molar-refractivity contribution in [3.63, 3.8) is 0 Å². The summed E-state index contributed by atoms with van der Waals surface area (Å²) < 4.78 is 12.3. The number of rotatable bonds is 0. The second-order valence-corrected chi connectivity index (χ2v) is 2.13. The maximum Gasteiger partial charge on any atom is 0.208 e. The number of allylic oxidation sites excluding steroid dienone is 1. The van der Waals surface area contributed by atoms with Crippen molar-refractivity contribution >= 4 is 5.97 Å². The molecule has 0 aliphatic carbocycles. The standard InChI is InChI=1S/C6H9FN2/c1-5-3-8-6(7)4-9(5)2/h3H,4H2,1-2H3. The maximum absolute atomic E-state index is 12.3. The van der Waals surface area contributed by atoms with Gasteiger partial charge in [-0.05, 0) is 6.92 Å². The van der Waals surface area contributed by atoms with Crippen molar-refractivity contribution in [3.05, 3.63) is 11.9 Å². The first-order valence-corrected chi connectivity index (χ1v) is 2.80. The lowest BCUT2D eigenvalue weighted by molar-refractivity contribution is 0.452. The largest absolute Gasteiger partial charge is 0.369 e. The Kier molecular flexibility index (Phi) is 1.51. The van der Waals surface area contributed by atoms with Crippen LogP contribution in [0, 0.1) is 0 Å². The van der Waals surface area contributed by atoms with Gasteiger partial charge in [-0.1, -0.05) is 0 Å². The van der Waals surface area contributed by atoms with Crippen molar-refractivity contribution in [1.82, 2.24) is 4.90 Å². The van der Waals surface area contributed by atoms with E-state index in [2.05, 4.69) is 4.99 Å². The predicted molar refractivity (Wildman–Crippen MR) is 34.9 cm³/mol. The molecule has 0 aromatic heterocycles. The van der Waals surface area contributed by atoms with E-state index in [9.17, 15) is 4.39 Å². The average Bonchev–Trinajstić information content (AvgIpc) is 1.80. The molecule has 1 aliphatic heterocycles. The van der Waals surface area contributed by atoms with Crippen LogP contribution in [0.1, 0.15) is 6.92 Å². The van der Waals surface area contributed by atoms with Gasteiger partial charge in [0.15, 0.2) is 0 Å². The molecule has 0 amide bonds. The normalized spacial score (nSPS) is 19.2. The van der Waals surface area contributed by atoms with Gasteiger partial charge >= 0.3 is 0 Å². The topological polar surface area (TPSA) is 15.6 Å². The number of halogens is 1. The van der Waals surface area contributed by atoms with Crippen LogP contribution in [0.15, 0.2) is 16.9 Å². The van der Waals surface area contributed by atoms with E-state index in [-0.39, 0.29) is 5.97 Å². The van der Waals surface area contributed by atoms with Crippen LogP contribution in [-0.4, -0.2) is 24.5 Å². The van der Waals surface area contributed by atoms with Crippen LogP contribution in [-0.2, 0) is 0 Å². The Morgan fingerprint density at radius 1 is 1.78 bits per heavy atom. The molecule has 0 spiro atoms. The fourth-order valence-electron chi connectivity index (χ4n) is 0.623. The Morgan fingerprint density at radius 2 is 2.44 bits per heavy atom. The summed E-state index contributed by atoms with van der Waals surface area (Å²) in [5.41, 5.74) is 0.997. The molecule has 0 aromatic carbocycles. The minimum absolute atomic E-state index is 0.308. The predicted octanol–water partition coefficient (Wildman–Crippen LogP) is 1.16. The van der Waals surface area contributed by atoms with Crippen LogP contribution in [0.5, 0.6) is 0 Å². The maximum atomic E-state index is 12.3. The average molecular weight is 128 g/mol. The molecule has 50 valence electrons. The lowest BCUT2D eigenvalue weighted by Crippen LogP contribution is -2.24. The van der Waals surface area contributed by atoms with E-state index in [0.717, 1.165) is 5.70 Å². The quantitative estimate of drug-likeness (QED) is 0.478. The first-order chi connectivity index (χ1) is 4.20. The van der Waals surface area contributed by atoms with Gasteiger partial charge in [0.05, 0.1) is 6.54 Å². The van der Waals surface area contributed by atoms with Crippen LogP contribution in [0.4, 0.5) is 4.39 Å². The molecule has 1 rings (SSSR count). The lowest BCUT2D eigenvalue weighted by atomic mass is 10.4. The summed E-state index contributed by atoms with van der Waals surface area (Å²) in [5, 5.41) is 0. The molecule has 0 unspecified atom stereocenters. The smallest absolute Gasteiger partial charge is 0.208 e. The minimum atomic E-state index is -0.317. The summed E-state index contributed by atoms with van der Waals surface area (Å²) >= 11 is 0. The van der Waals surface area contributed by atoms with Gasteiger partial charge in [0, 0.05) is 18.9 Å². The zero-order valence-corrected chi connectivity index (χ0v) is 5.56. The SMILES string of the molecule is CC1=CN=C(F)CN1C. The van der Waals surface area contributed by atoms with Gasteiger partial charge in [-0.3, -0.25) is 0 Å². The van der Waals surface area contributed by atoms with E-state index in [0.29, 0.717) is 6.54 Å². The van der Waals surface area contributed by atoms with Gasteiger partial charge in [-0.2, -0.15) is 4.39 Å². The highest BCUT2D eigenvalue weighted by Gasteiger charge is 2.07. The summed E-state index contributed by atoms with van der Waals surface area (Å²) in [6, 6.07) is 0. The van der Waals surface area contributed by atoms with Gasteiger partial charge in [0.2, 0.25) is 5.97 Å². The van der Waals surface area contributed by atoms with Crippen molar-refractivity contribution in [3.8, 4) is 0 Å². The zero-order valence-electron chi connectivity index (χ0n) is 5.56. The van der Waals surface area contributed by atoms with Gasteiger partial charge in [0.25, 0.3) is 0 Å². The number of nitrogens with zero attached hydrogens (tertiary/aromatic N) is 2. The minimum Gasteiger partial charge on any atom is -0.369 e. The van der Waals surface area contributed by atoms with E-state index in [4.69, 9.17) is 0 Å². The highest BCUT2D eigenvalue weighted by molar-refractivity contribution is 5.78. The fourth-order valence-corrected chi connectivity index (χ4v) is 0.623. The van der Waals surface area contributed by atoms with E-state index in [1.54, 1.807) is 0 Å². The third kappa shape index (κ3) is 1.28. The second kappa shape index (κ2) is 2.17. The molecule has 2 nitrogen and oxygen atoms in total. The molecule has 0 saturated carbocycles. The van der Waals surface area contributed by atoms with E-state index in [1.165, 1.54) is 6.20 Å². The number of hydrogen-bond donors (Lipinski definition) is 0. The van der Waals surface area contributed by atoms with Crippen molar-refractivity contribution in [2.24, 2.45) is 4.99 Å². The molecule has 1 heterocycles. The highest BCUT2D eigenvalue weighted by Crippen LogP contribution is 2.05. The summed E-state index contributed by atoms with van der Waals surface area (Å²) in [6.45, 7) is 2.21. The Morgan fingerprint density at radius 3 is 2.89 bits per heavy atom. The summed E-state index contributed by atoms with van der Waals surface area (Å²) in [5.74, 6) is -0.317. The molecule has 0 aromatic rings. The first kappa shape index (κ1) is 6.26. The van der Waals surface area contributed by atoms with Crippen LogP contribution >= 0.6 is 0 Å². The summed E-state index contributed by atoms with van der Waals surface area (Å²) in [6.07, 6.45) is 1.53. The van der Waals surface area contributed by atoms with Crippen LogP contribution in [0.3, 0.4) is 0 Å². The number of aliphatic imine (C=N–C) groups is 1. The van der Waals surface area contributed by atoms with E-state index in [1.807, 2.05) is 18.9 Å². The van der Waals surface area contributed by atoms with Crippen molar-refractivity contribution in [2.45, 2.75) is 6.92 Å². The molecule has 0 atom stereocenters. The fraction of sp³-hybridized carbons (Fsp3) is 0.500. The van der Waals surface area contributed by atoms with Crippen molar-refractivity contribution in [2.75, 3.05) is 13.6 Å². The van der Waals surface area contributed by atoms with Crippen LogP contribution in [0.25, 0.3) is 0 Å². The molecule has 1 aliphatic rings. The Labute approximate surface area is 53.7 Å². The van der Waals surface area contributed by atoms with Crippen molar-refractivity contribution in [1.29, 1.82) is 0 Å². The van der Waals surface area contributed by atoms with Crippen LogP contribution < -0.4 is 0 Å². The summed E-state index contributed by atoms with van der Waals surface area (Å²) in [4.78, 5) is 5.32. The van der Waals surface area contributed by atoms with E-state index < -0.39 is 0 Å². The second-order valence-electron chi connectivity index (χ2n) is 2.13. The van der Waals surface area contributed by atoms with E-state index >= 15 is 0 Å². The lowest BCUT2D eigenvalue weighted by Gasteiger charge is -2.19. The third-order valence-corrected chi connectivity index (χ3v) is 1.36. The Balaban J connectivity index is 2.74. The van der Waals surface area contributed by atoms with Crippen LogP contribution in [0.2, 0.25) is 0 Å². The number of hydrogen-bond acceptors (Lipinski definition) is 2. The van der Waals surface area contributed by atoms with Crippen molar-refractivity contribution < 1.29 is 4.39 Å². The molecule has 0 bridgehead atoms. The Bertz CT molecular complexity index is 172. The molecule has 0 N–H and O–H groups in total. The molecular weight excluding hydrogens is 119 g/mol. The van der Waals surface area contributed by atoms with Gasteiger partial charge in [-0.25, -0.2) is 4.99 Å². The first-order valence-electron chi connectivity index (χ1n) is 2.80. The van der Waals surface area contributed by atoms with Gasteiger partial charge in [0.1, 0.15) is 0 Å². The zero-order chi connectivity index (χ0) is 6.85. The molecule has 0 fully saturated rings. The molecule has 0 saturated heterocycles. The Hall–Kier alpha value is -0.860. The molecule has 3 heteroatoms. The molecule has 0 radical (unpaired) electrons. The van der Waals surface area contributed by atoms with Gasteiger partial charge < -0.3 is 4.90 Å². The molecular formula is C6H9FN2. The highest BCUT2D eigenvalue weighted by atomic mass is 19.1. The molecule has 9 heavy (non-hydrogen) atoms. The van der Waals surface area contributed by atoms with Gasteiger partial charge in [-0.15, -0.1) is 0 Å². The summed E-state index contributed by atoms with van der Waals surface area (Å²) in [7, 11) is 1.83. The monoisotopic (exact) mass is 128 g/mol.